The van der Waals surface area contributed by atoms with Crippen LogP contribution < -0.4 is 5.32 Å². The zero-order chi connectivity index (χ0) is 12.9. The van der Waals surface area contributed by atoms with E-state index in [0.29, 0.717) is 0 Å². The third-order valence-corrected chi connectivity index (χ3v) is 5.86. The molecule has 1 saturated carbocycles. The minimum Gasteiger partial charge on any atom is -0.317 e. The average Bonchev–Trinajstić information content (AvgIpc) is 2.95. The van der Waals surface area contributed by atoms with Gasteiger partial charge in [-0.05, 0) is 68.8 Å². The molecular weight excluding hydrogens is 250 g/mol. The molecule has 1 aromatic carbocycles. The molecule has 1 aromatic rings. The highest BCUT2D eigenvalue weighted by atomic mass is 32.2. The molecule has 0 atom stereocenters. The van der Waals surface area contributed by atoms with E-state index in [0.717, 1.165) is 11.2 Å². The van der Waals surface area contributed by atoms with E-state index in [1.807, 2.05) is 0 Å². The Morgan fingerprint density at radius 3 is 2.32 bits per heavy atom. The van der Waals surface area contributed by atoms with Crippen LogP contribution in [0.15, 0.2) is 29.2 Å². The van der Waals surface area contributed by atoms with E-state index in [-0.39, 0.29) is 0 Å². The van der Waals surface area contributed by atoms with E-state index in [1.165, 1.54) is 68.5 Å². The van der Waals surface area contributed by atoms with E-state index in [9.17, 15) is 0 Å². The molecule has 0 amide bonds. The first kappa shape index (κ1) is 13.5. The van der Waals surface area contributed by atoms with Crippen molar-refractivity contribution in [3.05, 3.63) is 29.8 Å². The van der Waals surface area contributed by atoms with Crippen LogP contribution in [0.1, 0.15) is 44.1 Å². The van der Waals surface area contributed by atoms with Crippen LogP contribution in [0.5, 0.6) is 0 Å². The molecular formula is C17H25NS. The van der Waals surface area contributed by atoms with Crippen molar-refractivity contribution in [2.24, 2.45) is 5.92 Å². The van der Waals surface area contributed by atoms with Gasteiger partial charge in [-0.1, -0.05) is 25.0 Å². The quantitative estimate of drug-likeness (QED) is 0.881. The molecule has 1 N–H and O–H groups in total. The van der Waals surface area contributed by atoms with Gasteiger partial charge in [-0.25, -0.2) is 0 Å². The van der Waals surface area contributed by atoms with Crippen molar-refractivity contribution in [3.8, 4) is 0 Å². The Labute approximate surface area is 121 Å². The van der Waals surface area contributed by atoms with Crippen LogP contribution in [0.25, 0.3) is 0 Å². The third kappa shape index (κ3) is 4.00. The molecule has 1 saturated heterocycles. The van der Waals surface area contributed by atoms with Gasteiger partial charge in [0.1, 0.15) is 0 Å². The summed E-state index contributed by atoms with van der Waals surface area (Å²) < 4.78 is 0. The summed E-state index contributed by atoms with van der Waals surface area (Å²) in [4.78, 5) is 1.47. The van der Waals surface area contributed by atoms with E-state index >= 15 is 0 Å². The predicted octanol–water partition coefficient (Wildman–Crippen LogP) is 4.26. The lowest BCUT2D eigenvalue weighted by Crippen LogP contribution is -2.28. The van der Waals surface area contributed by atoms with Gasteiger partial charge in [0.25, 0.3) is 0 Å². The van der Waals surface area contributed by atoms with Crippen molar-refractivity contribution in [3.63, 3.8) is 0 Å². The Morgan fingerprint density at radius 2 is 1.63 bits per heavy atom. The lowest BCUT2D eigenvalue weighted by molar-refractivity contribution is 0.372. The Balaban J connectivity index is 1.52. The van der Waals surface area contributed by atoms with Gasteiger partial charge in [0.15, 0.2) is 0 Å². The monoisotopic (exact) mass is 275 g/mol. The second kappa shape index (κ2) is 6.81. The third-order valence-electron chi connectivity index (χ3n) is 4.51. The van der Waals surface area contributed by atoms with E-state index in [2.05, 4.69) is 41.3 Å². The summed E-state index contributed by atoms with van der Waals surface area (Å²) in [6, 6.07) is 9.41. The molecule has 1 aliphatic heterocycles. The summed E-state index contributed by atoms with van der Waals surface area (Å²) in [5.74, 6) is 0.898. The van der Waals surface area contributed by atoms with E-state index in [4.69, 9.17) is 0 Å². The van der Waals surface area contributed by atoms with Gasteiger partial charge in [0.05, 0.1) is 0 Å². The lowest BCUT2D eigenvalue weighted by Gasteiger charge is -2.22. The zero-order valence-corrected chi connectivity index (χ0v) is 12.6. The molecule has 1 aliphatic carbocycles. The van der Waals surface area contributed by atoms with Gasteiger partial charge < -0.3 is 5.32 Å². The van der Waals surface area contributed by atoms with E-state index in [1.54, 1.807) is 0 Å². The molecule has 0 aromatic heterocycles. The Morgan fingerprint density at radius 1 is 0.947 bits per heavy atom. The van der Waals surface area contributed by atoms with Gasteiger partial charge in [0, 0.05) is 10.1 Å². The number of benzene rings is 1. The summed E-state index contributed by atoms with van der Waals surface area (Å²) in [5.41, 5.74) is 1.53. The number of piperidine rings is 1. The van der Waals surface area contributed by atoms with E-state index < -0.39 is 0 Å². The van der Waals surface area contributed by atoms with Gasteiger partial charge in [-0.15, -0.1) is 11.8 Å². The van der Waals surface area contributed by atoms with Crippen LogP contribution in [0, 0.1) is 5.92 Å². The summed E-state index contributed by atoms with van der Waals surface area (Å²) in [5, 5.41) is 4.33. The Kier molecular flexibility index (Phi) is 4.84. The second-order valence-electron chi connectivity index (χ2n) is 6.07. The van der Waals surface area contributed by atoms with Crippen molar-refractivity contribution in [1.29, 1.82) is 0 Å². The first-order valence-corrected chi connectivity index (χ1v) is 8.74. The van der Waals surface area contributed by atoms with Gasteiger partial charge >= 0.3 is 0 Å². The number of rotatable bonds is 4. The highest BCUT2D eigenvalue weighted by Gasteiger charge is 2.16. The molecule has 0 bridgehead atoms. The van der Waals surface area contributed by atoms with Crippen molar-refractivity contribution in [1.82, 2.24) is 5.32 Å². The summed E-state index contributed by atoms with van der Waals surface area (Å²) in [6.45, 7) is 2.42. The largest absolute Gasteiger partial charge is 0.317 e. The van der Waals surface area contributed by atoms with Crippen LogP contribution >= 0.6 is 11.8 Å². The van der Waals surface area contributed by atoms with Crippen LogP contribution in [0.2, 0.25) is 0 Å². The van der Waals surface area contributed by atoms with Crippen LogP contribution in [-0.4, -0.2) is 18.3 Å². The van der Waals surface area contributed by atoms with Crippen molar-refractivity contribution < 1.29 is 0 Å². The molecule has 19 heavy (non-hydrogen) atoms. The normalized spacial score (nSPS) is 21.9. The van der Waals surface area contributed by atoms with Crippen LogP contribution in [-0.2, 0) is 6.42 Å². The fourth-order valence-electron chi connectivity index (χ4n) is 3.32. The fraction of sp³-hybridized carbons (Fsp3) is 0.647. The number of hydrogen-bond donors (Lipinski definition) is 1. The SMILES string of the molecule is c1cc(SC2CCCC2)ccc1CC1CCNCC1. The summed E-state index contributed by atoms with van der Waals surface area (Å²) in [7, 11) is 0. The molecule has 0 unspecified atom stereocenters. The lowest BCUT2D eigenvalue weighted by atomic mass is 9.91. The van der Waals surface area contributed by atoms with Crippen molar-refractivity contribution >= 4 is 11.8 Å². The summed E-state index contributed by atoms with van der Waals surface area (Å²) in [6.07, 6.45) is 9.67. The number of thioether (sulfide) groups is 1. The molecule has 104 valence electrons. The maximum atomic E-state index is 3.45. The highest BCUT2D eigenvalue weighted by molar-refractivity contribution is 8.00. The number of hydrogen-bond acceptors (Lipinski definition) is 2. The minimum absolute atomic E-state index is 0.885. The molecule has 1 nitrogen and oxygen atoms in total. The van der Waals surface area contributed by atoms with Crippen molar-refractivity contribution in [2.75, 3.05) is 13.1 Å². The van der Waals surface area contributed by atoms with Crippen LogP contribution in [0.3, 0.4) is 0 Å². The van der Waals surface area contributed by atoms with Gasteiger partial charge in [-0.3, -0.25) is 0 Å². The Hall–Kier alpha value is -0.470. The van der Waals surface area contributed by atoms with Gasteiger partial charge in [-0.2, -0.15) is 0 Å². The maximum absolute atomic E-state index is 3.45. The standard InChI is InChI=1S/C17H25NS/c1-2-4-16(3-1)19-17-7-5-14(6-8-17)13-15-9-11-18-12-10-15/h5-8,15-16,18H,1-4,9-13H2. The molecule has 1 heterocycles. The van der Waals surface area contributed by atoms with Gasteiger partial charge in [0.2, 0.25) is 0 Å². The maximum Gasteiger partial charge on any atom is 0.00944 e. The highest BCUT2D eigenvalue weighted by Crippen LogP contribution is 2.34. The van der Waals surface area contributed by atoms with Crippen LogP contribution in [0.4, 0.5) is 0 Å². The van der Waals surface area contributed by atoms with Crippen molar-refractivity contribution in [2.45, 2.75) is 55.1 Å². The molecule has 0 spiro atoms. The smallest absolute Gasteiger partial charge is 0.00944 e. The Bertz CT molecular complexity index is 375. The topological polar surface area (TPSA) is 12.0 Å². The predicted molar refractivity (Wildman–Crippen MR) is 83.9 cm³/mol. The molecule has 0 radical (unpaired) electrons. The first-order chi connectivity index (χ1) is 9.40. The molecule has 2 fully saturated rings. The molecule has 2 aliphatic rings. The molecule has 2 heteroatoms. The fourth-order valence-corrected chi connectivity index (χ4v) is 4.57. The molecule has 3 rings (SSSR count). The summed E-state index contributed by atoms with van der Waals surface area (Å²) >= 11 is 2.10. The minimum atomic E-state index is 0.885. The average molecular weight is 275 g/mol. The second-order valence-corrected chi connectivity index (χ2v) is 7.44. The zero-order valence-electron chi connectivity index (χ0n) is 11.7. The first-order valence-electron chi connectivity index (χ1n) is 7.86. The number of nitrogens with one attached hydrogen (secondary N) is 1.